The summed E-state index contributed by atoms with van der Waals surface area (Å²) in [6.45, 7) is 0. The number of carbonyl (C=O) groups is 1. The van der Waals surface area contributed by atoms with Crippen LogP contribution in [-0.2, 0) is 4.79 Å². The number of halogens is 2. The molecule has 0 aromatic rings. The molecule has 2 rings (SSSR count). The first kappa shape index (κ1) is 6.07. The molecule has 2 saturated carbocycles. The van der Waals surface area contributed by atoms with Crippen molar-refractivity contribution in [2.24, 2.45) is 17.1 Å². The SMILES string of the molecule is NC(=O)C1CC12CC2(F)F. The topological polar surface area (TPSA) is 43.1 Å². The minimum absolute atomic E-state index is 0.131. The van der Waals surface area contributed by atoms with Crippen LogP contribution in [0, 0.1) is 11.3 Å². The Morgan fingerprint density at radius 3 is 2.20 bits per heavy atom. The van der Waals surface area contributed by atoms with E-state index in [9.17, 15) is 13.6 Å². The second-order valence-corrected chi connectivity index (χ2v) is 3.20. The van der Waals surface area contributed by atoms with Crippen LogP contribution < -0.4 is 5.73 Å². The lowest BCUT2D eigenvalue weighted by Crippen LogP contribution is -2.15. The molecular weight excluding hydrogens is 140 g/mol. The van der Waals surface area contributed by atoms with Crippen molar-refractivity contribution in [3.05, 3.63) is 0 Å². The maximum Gasteiger partial charge on any atom is 0.255 e. The smallest absolute Gasteiger partial charge is 0.255 e. The first-order valence-corrected chi connectivity index (χ1v) is 3.17. The molecule has 1 amide bonds. The number of rotatable bonds is 1. The van der Waals surface area contributed by atoms with Gasteiger partial charge in [-0.3, -0.25) is 4.79 Å². The Morgan fingerprint density at radius 2 is 2.10 bits per heavy atom. The highest BCUT2D eigenvalue weighted by atomic mass is 19.3. The van der Waals surface area contributed by atoms with Crippen molar-refractivity contribution in [2.75, 3.05) is 0 Å². The highest BCUT2D eigenvalue weighted by molar-refractivity contribution is 5.82. The van der Waals surface area contributed by atoms with Crippen molar-refractivity contribution in [2.45, 2.75) is 18.8 Å². The number of primary amides is 1. The number of carbonyl (C=O) groups excluding carboxylic acids is 1. The molecule has 1 spiro atoms. The average Bonchev–Trinajstić information content (AvgIpc) is 2.51. The van der Waals surface area contributed by atoms with E-state index in [1.165, 1.54) is 0 Å². The van der Waals surface area contributed by atoms with Gasteiger partial charge in [-0.05, 0) is 6.42 Å². The Morgan fingerprint density at radius 1 is 1.60 bits per heavy atom. The molecular formula is C6H7F2NO. The zero-order chi connectivity index (χ0) is 7.57. The molecule has 2 fully saturated rings. The first-order chi connectivity index (χ1) is 4.50. The molecule has 2 aliphatic carbocycles. The van der Waals surface area contributed by atoms with Crippen molar-refractivity contribution < 1.29 is 13.6 Å². The zero-order valence-electron chi connectivity index (χ0n) is 5.23. The summed E-state index contributed by atoms with van der Waals surface area (Å²) in [6.07, 6.45) is 0.170. The van der Waals surface area contributed by atoms with Gasteiger partial charge >= 0.3 is 0 Å². The molecule has 0 saturated heterocycles. The summed E-state index contributed by atoms with van der Waals surface area (Å²) in [6, 6.07) is 0. The predicted molar refractivity (Wildman–Crippen MR) is 29.3 cm³/mol. The molecule has 4 heteroatoms. The molecule has 2 N–H and O–H groups in total. The second kappa shape index (κ2) is 1.20. The van der Waals surface area contributed by atoms with Crippen molar-refractivity contribution in [3.63, 3.8) is 0 Å². The second-order valence-electron chi connectivity index (χ2n) is 3.20. The number of alkyl halides is 2. The summed E-state index contributed by atoms with van der Waals surface area (Å²) in [7, 11) is 0. The summed E-state index contributed by atoms with van der Waals surface area (Å²) in [5.41, 5.74) is 3.89. The third-order valence-electron chi connectivity index (χ3n) is 2.56. The summed E-state index contributed by atoms with van der Waals surface area (Å²) in [4.78, 5) is 10.4. The monoisotopic (exact) mass is 147 g/mol. The van der Waals surface area contributed by atoms with Gasteiger partial charge < -0.3 is 5.73 Å². The average molecular weight is 147 g/mol. The van der Waals surface area contributed by atoms with Crippen molar-refractivity contribution in [1.82, 2.24) is 0 Å². The molecule has 0 heterocycles. The van der Waals surface area contributed by atoms with Crippen LogP contribution in [0.25, 0.3) is 0 Å². The zero-order valence-corrected chi connectivity index (χ0v) is 5.23. The van der Waals surface area contributed by atoms with Gasteiger partial charge in [-0.25, -0.2) is 8.78 Å². The summed E-state index contributed by atoms with van der Waals surface area (Å²) >= 11 is 0. The van der Waals surface area contributed by atoms with Crippen molar-refractivity contribution >= 4 is 5.91 Å². The fourth-order valence-corrected chi connectivity index (χ4v) is 1.63. The molecule has 0 radical (unpaired) electrons. The third kappa shape index (κ3) is 0.458. The van der Waals surface area contributed by atoms with Gasteiger partial charge in [0.15, 0.2) is 0 Å². The number of hydrogen-bond acceptors (Lipinski definition) is 1. The fourth-order valence-electron chi connectivity index (χ4n) is 1.63. The molecule has 2 atom stereocenters. The van der Waals surface area contributed by atoms with E-state index in [2.05, 4.69) is 0 Å². The molecule has 0 aromatic carbocycles. The highest BCUT2D eigenvalue weighted by Gasteiger charge is 2.84. The third-order valence-corrected chi connectivity index (χ3v) is 2.56. The van der Waals surface area contributed by atoms with E-state index >= 15 is 0 Å². The molecule has 2 unspecified atom stereocenters. The Bertz CT molecular complexity index is 216. The van der Waals surface area contributed by atoms with Gasteiger partial charge in [-0.15, -0.1) is 0 Å². The van der Waals surface area contributed by atoms with Crippen LogP contribution in [-0.4, -0.2) is 11.8 Å². The largest absolute Gasteiger partial charge is 0.369 e. The Hall–Kier alpha value is -0.670. The lowest BCUT2D eigenvalue weighted by molar-refractivity contribution is -0.120. The van der Waals surface area contributed by atoms with E-state index in [1.807, 2.05) is 0 Å². The lowest BCUT2D eigenvalue weighted by Gasteiger charge is -1.90. The first-order valence-electron chi connectivity index (χ1n) is 3.17. The molecule has 10 heavy (non-hydrogen) atoms. The Labute approximate surface area is 56.4 Å². The molecule has 2 nitrogen and oxygen atoms in total. The standard InChI is InChI=1S/C6H7F2NO/c7-6(8)2-5(6)1-3(5)4(9)10/h3H,1-2H2,(H2,9,10). The van der Waals surface area contributed by atoms with E-state index in [1.54, 1.807) is 0 Å². The number of amides is 1. The Balaban J connectivity index is 2.10. The van der Waals surface area contributed by atoms with E-state index in [0.29, 0.717) is 6.42 Å². The van der Waals surface area contributed by atoms with Gasteiger partial charge in [-0.2, -0.15) is 0 Å². The minimum atomic E-state index is -2.59. The summed E-state index contributed by atoms with van der Waals surface area (Å²) in [5, 5.41) is 0. The van der Waals surface area contributed by atoms with Crippen LogP contribution >= 0.6 is 0 Å². The molecule has 0 aromatic heterocycles. The van der Waals surface area contributed by atoms with E-state index < -0.39 is 23.2 Å². The van der Waals surface area contributed by atoms with Gasteiger partial charge in [-0.1, -0.05) is 0 Å². The van der Waals surface area contributed by atoms with Crippen LogP contribution in [0.1, 0.15) is 12.8 Å². The maximum absolute atomic E-state index is 12.4. The molecule has 2 aliphatic rings. The quantitative estimate of drug-likeness (QED) is 0.577. The van der Waals surface area contributed by atoms with Gasteiger partial charge in [0.2, 0.25) is 5.91 Å². The van der Waals surface area contributed by atoms with Gasteiger partial charge in [0, 0.05) is 6.42 Å². The summed E-state index contributed by atoms with van der Waals surface area (Å²) < 4.78 is 24.7. The van der Waals surface area contributed by atoms with Crippen molar-refractivity contribution in [3.8, 4) is 0 Å². The fraction of sp³-hybridized carbons (Fsp3) is 0.833. The molecule has 0 bridgehead atoms. The predicted octanol–water partition coefficient (Wildman–Crippen LogP) is 0.517. The van der Waals surface area contributed by atoms with E-state index in [-0.39, 0.29) is 6.42 Å². The molecule has 56 valence electrons. The van der Waals surface area contributed by atoms with Crippen LogP contribution in [0.5, 0.6) is 0 Å². The van der Waals surface area contributed by atoms with Crippen LogP contribution in [0.3, 0.4) is 0 Å². The number of nitrogens with two attached hydrogens (primary N) is 1. The normalized spacial score (nSPS) is 47.2. The van der Waals surface area contributed by atoms with Gasteiger partial charge in [0.25, 0.3) is 5.92 Å². The maximum atomic E-state index is 12.4. The summed E-state index contributed by atoms with van der Waals surface area (Å²) in [5.74, 6) is -3.70. The van der Waals surface area contributed by atoms with Crippen LogP contribution in [0.2, 0.25) is 0 Å². The Kier molecular flexibility index (Phi) is 0.727. The minimum Gasteiger partial charge on any atom is -0.369 e. The lowest BCUT2D eigenvalue weighted by atomic mass is 10.3. The number of hydrogen-bond donors (Lipinski definition) is 1. The highest BCUT2D eigenvalue weighted by Crippen LogP contribution is 2.78. The van der Waals surface area contributed by atoms with Crippen molar-refractivity contribution in [1.29, 1.82) is 0 Å². The van der Waals surface area contributed by atoms with E-state index in [0.717, 1.165) is 0 Å². The van der Waals surface area contributed by atoms with Gasteiger partial charge in [0.1, 0.15) is 0 Å². The van der Waals surface area contributed by atoms with Crippen LogP contribution in [0.4, 0.5) is 8.78 Å². The molecule has 0 aliphatic heterocycles. The van der Waals surface area contributed by atoms with E-state index in [4.69, 9.17) is 5.73 Å². The van der Waals surface area contributed by atoms with Gasteiger partial charge in [0.05, 0.1) is 11.3 Å². The van der Waals surface area contributed by atoms with Crippen LogP contribution in [0.15, 0.2) is 0 Å².